The van der Waals surface area contributed by atoms with Gasteiger partial charge in [-0.2, -0.15) is 0 Å². The van der Waals surface area contributed by atoms with E-state index in [-0.39, 0.29) is 22.8 Å². The molecule has 3 fully saturated rings. The lowest BCUT2D eigenvalue weighted by Crippen LogP contribution is -2.45. The molecule has 2 bridgehead atoms. The standard InChI is InChI=1S/C29H38N2O3/c1-27(2)16-21-17-28(3,18-27)19-31(21)26(33)12-14-29(13-11-25(32)30-29)15-20-9-10-24(34-4)23-8-6-5-7-22(20)23/h5-10,21H,11-19H2,1-4H3,(H,30,32). The molecule has 1 N–H and O–H groups in total. The summed E-state index contributed by atoms with van der Waals surface area (Å²) in [5, 5.41) is 5.51. The molecule has 3 unspecified atom stereocenters. The van der Waals surface area contributed by atoms with Crippen molar-refractivity contribution in [3.8, 4) is 5.75 Å². The third kappa shape index (κ3) is 4.30. The molecule has 2 heterocycles. The van der Waals surface area contributed by atoms with Crippen LogP contribution in [0.2, 0.25) is 0 Å². The van der Waals surface area contributed by atoms with Gasteiger partial charge in [0.05, 0.1) is 7.11 Å². The molecule has 1 aliphatic carbocycles. The fourth-order valence-electron chi connectivity index (χ4n) is 7.45. The Hall–Kier alpha value is -2.56. The van der Waals surface area contributed by atoms with Crippen LogP contribution in [0.3, 0.4) is 0 Å². The molecule has 2 amide bonds. The van der Waals surface area contributed by atoms with Gasteiger partial charge in [0.15, 0.2) is 0 Å². The number of methoxy groups -OCH3 is 1. The summed E-state index contributed by atoms with van der Waals surface area (Å²) in [6.07, 6.45) is 6.60. The molecule has 2 saturated heterocycles. The lowest BCUT2D eigenvalue weighted by molar-refractivity contribution is -0.133. The Bertz CT molecular complexity index is 1130. The maximum Gasteiger partial charge on any atom is 0.222 e. The van der Waals surface area contributed by atoms with Crippen LogP contribution in [0, 0.1) is 10.8 Å². The van der Waals surface area contributed by atoms with Crippen molar-refractivity contribution in [1.82, 2.24) is 10.2 Å². The third-order valence-electron chi connectivity index (χ3n) is 8.51. The zero-order chi connectivity index (χ0) is 24.1. The van der Waals surface area contributed by atoms with Gasteiger partial charge in [-0.1, -0.05) is 51.1 Å². The van der Waals surface area contributed by atoms with Gasteiger partial charge >= 0.3 is 0 Å². The van der Waals surface area contributed by atoms with Crippen LogP contribution in [0.25, 0.3) is 10.8 Å². The van der Waals surface area contributed by atoms with Gasteiger partial charge < -0.3 is 15.0 Å². The Labute approximate surface area is 203 Å². The summed E-state index contributed by atoms with van der Waals surface area (Å²) in [5.41, 5.74) is 1.35. The van der Waals surface area contributed by atoms with Gasteiger partial charge in [-0.15, -0.1) is 0 Å². The first-order valence-electron chi connectivity index (χ1n) is 12.8. The third-order valence-corrected chi connectivity index (χ3v) is 8.51. The van der Waals surface area contributed by atoms with Crippen LogP contribution >= 0.6 is 0 Å². The minimum atomic E-state index is -0.373. The van der Waals surface area contributed by atoms with E-state index >= 15 is 0 Å². The van der Waals surface area contributed by atoms with E-state index in [4.69, 9.17) is 4.74 Å². The summed E-state index contributed by atoms with van der Waals surface area (Å²) in [4.78, 5) is 28.0. The summed E-state index contributed by atoms with van der Waals surface area (Å²) in [6, 6.07) is 12.8. The molecule has 5 rings (SSSR count). The van der Waals surface area contributed by atoms with E-state index in [2.05, 4.69) is 49.2 Å². The first-order valence-corrected chi connectivity index (χ1v) is 12.8. The molecule has 5 nitrogen and oxygen atoms in total. The number of nitrogens with zero attached hydrogens (tertiary/aromatic N) is 1. The molecular formula is C29H38N2O3. The second-order valence-electron chi connectivity index (χ2n) is 12.2. The highest BCUT2D eigenvalue weighted by Crippen LogP contribution is 2.52. The highest BCUT2D eigenvalue weighted by molar-refractivity contribution is 5.91. The SMILES string of the molecule is COc1ccc(CC2(CCC(=O)N3CC4(C)CC3CC(C)(C)C4)CCC(=O)N2)c2ccccc12. The van der Waals surface area contributed by atoms with Gasteiger partial charge in [0, 0.05) is 36.4 Å². The number of hydrogen-bond donors (Lipinski definition) is 1. The summed E-state index contributed by atoms with van der Waals surface area (Å²) < 4.78 is 5.57. The van der Waals surface area contributed by atoms with E-state index < -0.39 is 0 Å². The lowest BCUT2D eigenvalue weighted by Gasteiger charge is -2.39. The van der Waals surface area contributed by atoms with Gasteiger partial charge in [0.25, 0.3) is 0 Å². The molecule has 2 aromatic rings. The van der Waals surface area contributed by atoms with Crippen LogP contribution in [0.15, 0.2) is 36.4 Å². The van der Waals surface area contributed by atoms with Gasteiger partial charge in [-0.3, -0.25) is 9.59 Å². The van der Waals surface area contributed by atoms with Crippen molar-refractivity contribution in [3.63, 3.8) is 0 Å². The van der Waals surface area contributed by atoms with Crippen molar-refractivity contribution in [3.05, 3.63) is 42.0 Å². The molecule has 0 aromatic heterocycles. The van der Waals surface area contributed by atoms with Gasteiger partial charge in [0.2, 0.25) is 11.8 Å². The van der Waals surface area contributed by atoms with E-state index in [1.165, 1.54) is 12.0 Å². The summed E-state index contributed by atoms with van der Waals surface area (Å²) in [6.45, 7) is 7.91. The van der Waals surface area contributed by atoms with Crippen LogP contribution in [-0.4, -0.2) is 41.9 Å². The fraction of sp³-hybridized carbons (Fsp3) is 0.586. The summed E-state index contributed by atoms with van der Waals surface area (Å²) in [7, 11) is 1.69. The minimum absolute atomic E-state index is 0.0940. The van der Waals surface area contributed by atoms with Crippen molar-refractivity contribution in [1.29, 1.82) is 0 Å². The molecule has 5 heteroatoms. The number of benzene rings is 2. The highest BCUT2D eigenvalue weighted by Gasteiger charge is 2.51. The highest BCUT2D eigenvalue weighted by atomic mass is 16.5. The monoisotopic (exact) mass is 462 g/mol. The van der Waals surface area contributed by atoms with Crippen molar-refractivity contribution in [2.24, 2.45) is 10.8 Å². The smallest absolute Gasteiger partial charge is 0.222 e. The number of rotatable bonds is 6. The van der Waals surface area contributed by atoms with E-state index in [9.17, 15) is 9.59 Å². The molecule has 0 spiro atoms. The van der Waals surface area contributed by atoms with Crippen molar-refractivity contribution in [2.45, 2.75) is 83.7 Å². The first-order chi connectivity index (χ1) is 16.1. The second kappa shape index (κ2) is 8.28. The molecule has 3 atom stereocenters. The van der Waals surface area contributed by atoms with E-state index in [0.717, 1.165) is 48.8 Å². The van der Waals surface area contributed by atoms with E-state index in [1.807, 2.05) is 18.2 Å². The number of fused-ring (bicyclic) bond motifs is 3. The molecule has 1 saturated carbocycles. The van der Waals surface area contributed by atoms with E-state index in [0.29, 0.717) is 30.7 Å². The van der Waals surface area contributed by atoms with Crippen LogP contribution in [0.1, 0.15) is 71.3 Å². The number of ether oxygens (including phenoxy) is 1. The predicted molar refractivity (Wildman–Crippen MR) is 135 cm³/mol. The van der Waals surface area contributed by atoms with Crippen LogP contribution in [-0.2, 0) is 16.0 Å². The summed E-state index contributed by atoms with van der Waals surface area (Å²) >= 11 is 0. The molecule has 2 aliphatic heterocycles. The molecule has 34 heavy (non-hydrogen) atoms. The Balaban J connectivity index is 1.35. The second-order valence-corrected chi connectivity index (χ2v) is 12.2. The predicted octanol–water partition coefficient (Wildman–Crippen LogP) is 5.25. The topological polar surface area (TPSA) is 58.6 Å². The van der Waals surface area contributed by atoms with E-state index in [1.54, 1.807) is 7.11 Å². The number of nitrogens with one attached hydrogen (secondary N) is 1. The van der Waals surface area contributed by atoms with Crippen molar-refractivity contribution < 1.29 is 14.3 Å². The number of amides is 2. The average molecular weight is 463 g/mol. The first kappa shape index (κ1) is 23.2. The Kier molecular flexibility index (Phi) is 5.65. The zero-order valence-corrected chi connectivity index (χ0v) is 21.1. The lowest BCUT2D eigenvalue weighted by atomic mass is 9.65. The largest absolute Gasteiger partial charge is 0.496 e. The fourth-order valence-corrected chi connectivity index (χ4v) is 7.45. The van der Waals surface area contributed by atoms with Crippen LogP contribution in [0.4, 0.5) is 0 Å². The van der Waals surface area contributed by atoms with Gasteiger partial charge in [0.1, 0.15) is 5.75 Å². The number of likely N-dealkylation sites (tertiary alicyclic amines) is 1. The van der Waals surface area contributed by atoms with Gasteiger partial charge in [-0.25, -0.2) is 0 Å². The minimum Gasteiger partial charge on any atom is -0.496 e. The molecule has 3 aliphatic rings. The molecule has 182 valence electrons. The Morgan fingerprint density at radius 3 is 2.59 bits per heavy atom. The Morgan fingerprint density at radius 2 is 1.88 bits per heavy atom. The normalized spacial score (nSPS) is 29.9. The van der Waals surface area contributed by atoms with Crippen molar-refractivity contribution in [2.75, 3.05) is 13.7 Å². The number of carbonyl (C=O) groups excluding carboxylic acids is 2. The number of hydrogen-bond acceptors (Lipinski definition) is 3. The average Bonchev–Trinajstić information content (AvgIpc) is 3.27. The number of carbonyl (C=O) groups is 2. The Morgan fingerprint density at radius 1 is 1.12 bits per heavy atom. The molecule has 0 radical (unpaired) electrons. The van der Waals surface area contributed by atoms with Crippen LogP contribution < -0.4 is 10.1 Å². The molecule has 2 aromatic carbocycles. The maximum absolute atomic E-state index is 13.5. The maximum atomic E-state index is 13.5. The summed E-state index contributed by atoms with van der Waals surface area (Å²) in [5.74, 6) is 1.21. The van der Waals surface area contributed by atoms with Gasteiger partial charge in [-0.05, 0) is 66.4 Å². The van der Waals surface area contributed by atoms with Crippen LogP contribution in [0.5, 0.6) is 5.75 Å². The van der Waals surface area contributed by atoms with Crippen molar-refractivity contribution >= 4 is 22.6 Å². The molecular weight excluding hydrogens is 424 g/mol. The quantitative estimate of drug-likeness (QED) is 0.638. The zero-order valence-electron chi connectivity index (χ0n) is 21.1.